The maximum absolute atomic E-state index is 12.2. The van der Waals surface area contributed by atoms with Gasteiger partial charge in [-0.25, -0.2) is 4.79 Å². The molecule has 0 aliphatic rings. The second-order valence-corrected chi connectivity index (χ2v) is 6.05. The fourth-order valence-corrected chi connectivity index (χ4v) is 1.86. The van der Waals surface area contributed by atoms with Crippen molar-refractivity contribution in [2.75, 3.05) is 0 Å². The van der Waals surface area contributed by atoms with Crippen LogP contribution in [0.25, 0.3) is 6.08 Å². The van der Waals surface area contributed by atoms with Gasteiger partial charge in [-0.3, -0.25) is 0 Å². The van der Waals surface area contributed by atoms with Gasteiger partial charge in [-0.05, 0) is 50.6 Å². The van der Waals surface area contributed by atoms with Gasteiger partial charge < -0.3 is 9.47 Å². The van der Waals surface area contributed by atoms with Crippen molar-refractivity contribution in [3.05, 3.63) is 34.3 Å². The molecule has 0 heterocycles. The summed E-state index contributed by atoms with van der Waals surface area (Å²) in [5.41, 5.74) is -0.266. The Hall–Kier alpha value is -1.50. The van der Waals surface area contributed by atoms with Crippen molar-refractivity contribution in [2.45, 2.75) is 32.7 Å². The van der Waals surface area contributed by atoms with Gasteiger partial charge in [-0.1, -0.05) is 15.9 Å². The maximum Gasteiger partial charge on any atom is 0.573 e. The van der Waals surface area contributed by atoms with Crippen molar-refractivity contribution in [1.29, 1.82) is 0 Å². The molecule has 0 N–H and O–H groups in total. The van der Waals surface area contributed by atoms with E-state index in [1.165, 1.54) is 18.2 Å². The van der Waals surface area contributed by atoms with Crippen LogP contribution >= 0.6 is 15.9 Å². The summed E-state index contributed by atoms with van der Waals surface area (Å²) in [6.45, 7) is 5.15. The number of halogens is 4. The molecule has 0 radical (unpaired) electrons. The van der Waals surface area contributed by atoms with E-state index < -0.39 is 17.9 Å². The highest BCUT2D eigenvalue weighted by Crippen LogP contribution is 2.27. The van der Waals surface area contributed by atoms with Gasteiger partial charge in [0.05, 0.1) is 0 Å². The highest BCUT2D eigenvalue weighted by Gasteiger charge is 2.31. The lowest BCUT2D eigenvalue weighted by Gasteiger charge is -2.17. The quantitative estimate of drug-likeness (QED) is 0.574. The number of benzene rings is 1. The molecule has 0 unspecified atom stereocenters. The zero-order chi connectivity index (χ0) is 16.3. The summed E-state index contributed by atoms with van der Waals surface area (Å²) in [5.74, 6) is -0.957. The predicted octanol–water partition coefficient (Wildman–Crippen LogP) is 4.70. The first kappa shape index (κ1) is 17.6. The molecule has 1 aromatic rings. The SMILES string of the molecule is CC(C)(C)OC(=O)C=Cc1cc(Br)cc(OC(F)(F)F)c1. The summed E-state index contributed by atoms with van der Waals surface area (Å²) in [6, 6.07) is 3.89. The third-order valence-electron chi connectivity index (χ3n) is 1.95. The van der Waals surface area contributed by atoms with Crippen LogP contribution in [0.2, 0.25) is 0 Å². The van der Waals surface area contributed by atoms with Gasteiger partial charge in [0.1, 0.15) is 11.4 Å². The Balaban J connectivity index is 2.86. The molecule has 21 heavy (non-hydrogen) atoms. The molecule has 1 rings (SSSR count). The molecule has 0 saturated heterocycles. The van der Waals surface area contributed by atoms with Gasteiger partial charge in [0.2, 0.25) is 0 Å². The second-order valence-electron chi connectivity index (χ2n) is 5.13. The molecule has 0 bridgehead atoms. The number of carbonyl (C=O) groups is 1. The largest absolute Gasteiger partial charge is 0.573 e. The molecule has 0 aromatic heterocycles. The van der Waals surface area contributed by atoms with Gasteiger partial charge in [-0.15, -0.1) is 13.2 Å². The van der Waals surface area contributed by atoms with E-state index in [0.717, 1.165) is 6.08 Å². The number of hydrogen-bond donors (Lipinski definition) is 0. The van der Waals surface area contributed by atoms with Crippen molar-refractivity contribution in [3.63, 3.8) is 0 Å². The Morgan fingerprint density at radius 1 is 1.19 bits per heavy atom. The van der Waals surface area contributed by atoms with Crippen LogP contribution in [0.3, 0.4) is 0 Å². The van der Waals surface area contributed by atoms with Crippen LogP contribution < -0.4 is 4.74 Å². The van der Waals surface area contributed by atoms with Crippen LogP contribution in [-0.2, 0) is 9.53 Å². The van der Waals surface area contributed by atoms with Gasteiger partial charge in [0, 0.05) is 10.5 Å². The van der Waals surface area contributed by atoms with Crippen LogP contribution in [0.15, 0.2) is 28.7 Å². The number of hydrogen-bond acceptors (Lipinski definition) is 3. The van der Waals surface area contributed by atoms with Crippen molar-refractivity contribution in [3.8, 4) is 5.75 Å². The molecule has 116 valence electrons. The predicted molar refractivity (Wildman–Crippen MR) is 75.7 cm³/mol. The van der Waals surface area contributed by atoms with E-state index in [2.05, 4.69) is 20.7 Å². The van der Waals surface area contributed by atoms with Crippen molar-refractivity contribution in [1.82, 2.24) is 0 Å². The first-order chi connectivity index (χ1) is 9.44. The Labute approximate surface area is 128 Å². The van der Waals surface area contributed by atoms with E-state index in [1.54, 1.807) is 26.8 Å². The van der Waals surface area contributed by atoms with E-state index in [1.807, 2.05) is 0 Å². The highest BCUT2D eigenvalue weighted by molar-refractivity contribution is 9.10. The summed E-state index contributed by atoms with van der Waals surface area (Å²) >= 11 is 3.08. The molecule has 0 spiro atoms. The summed E-state index contributed by atoms with van der Waals surface area (Å²) in [6.07, 6.45) is -2.28. The third-order valence-corrected chi connectivity index (χ3v) is 2.40. The average molecular weight is 367 g/mol. The van der Waals surface area contributed by atoms with Crippen LogP contribution in [-0.4, -0.2) is 17.9 Å². The normalized spacial score (nSPS) is 12.5. The molecule has 0 aliphatic carbocycles. The molecule has 0 saturated carbocycles. The topological polar surface area (TPSA) is 35.5 Å². The zero-order valence-corrected chi connectivity index (χ0v) is 13.2. The molecule has 7 heteroatoms. The van der Waals surface area contributed by atoms with E-state index in [4.69, 9.17) is 4.74 Å². The monoisotopic (exact) mass is 366 g/mol. The van der Waals surface area contributed by atoms with Crippen molar-refractivity contribution >= 4 is 28.0 Å². The third kappa shape index (κ3) is 7.75. The molecule has 0 fully saturated rings. The Kier molecular flexibility index (Phi) is 5.44. The lowest BCUT2D eigenvalue weighted by atomic mass is 10.2. The molecular weight excluding hydrogens is 353 g/mol. The van der Waals surface area contributed by atoms with Crippen LogP contribution in [0.5, 0.6) is 5.75 Å². The summed E-state index contributed by atoms with van der Waals surface area (Å²) in [5, 5.41) is 0. The zero-order valence-electron chi connectivity index (χ0n) is 11.6. The molecular formula is C14H14BrF3O3. The molecule has 0 atom stereocenters. The van der Waals surface area contributed by atoms with E-state index in [0.29, 0.717) is 10.0 Å². The molecule has 0 aliphatic heterocycles. The summed E-state index contributed by atoms with van der Waals surface area (Å²) in [7, 11) is 0. The van der Waals surface area contributed by atoms with Gasteiger partial charge in [-0.2, -0.15) is 0 Å². The fourth-order valence-electron chi connectivity index (χ4n) is 1.37. The minimum absolute atomic E-state index is 0.370. The Bertz CT molecular complexity index is 545. The summed E-state index contributed by atoms with van der Waals surface area (Å²) < 4.78 is 45.8. The number of rotatable bonds is 3. The Morgan fingerprint density at radius 2 is 1.81 bits per heavy atom. The highest BCUT2D eigenvalue weighted by atomic mass is 79.9. The van der Waals surface area contributed by atoms with Crippen molar-refractivity contribution < 1.29 is 27.4 Å². The molecule has 1 aromatic carbocycles. The fraction of sp³-hybridized carbons (Fsp3) is 0.357. The Morgan fingerprint density at radius 3 is 2.33 bits per heavy atom. The number of ether oxygens (including phenoxy) is 2. The minimum atomic E-state index is -4.77. The van der Waals surface area contributed by atoms with Crippen molar-refractivity contribution in [2.24, 2.45) is 0 Å². The van der Waals surface area contributed by atoms with E-state index in [-0.39, 0.29) is 5.75 Å². The minimum Gasteiger partial charge on any atom is -0.457 e. The lowest BCUT2D eigenvalue weighted by molar-refractivity contribution is -0.274. The van der Waals surface area contributed by atoms with Gasteiger partial charge >= 0.3 is 12.3 Å². The van der Waals surface area contributed by atoms with Crippen LogP contribution in [0.1, 0.15) is 26.3 Å². The molecule has 3 nitrogen and oxygen atoms in total. The lowest BCUT2D eigenvalue weighted by Crippen LogP contribution is -2.22. The average Bonchev–Trinajstić information content (AvgIpc) is 2.20. The van der Waals surface area contributed by atoms with Crippen LogP contribution in [0.4, 0.5) is 13.2 Å². The maximum atomic E-state index is 12.2. The number of alkyl halides is 3. The van der Waals surface area contributed by atoms with E-state index in [9.17, 15) is 18.0 Å². The summed E-state index contributed by atoms with van der Waals surface area (Å²) in [4.78, 5) is 11.5. The number of carbonyl (C=O) groups excluding carboxylic acids is 1. The van der Waals surface area contributed by atoms with E-state index >= 15 is 0 Å². The standard InChI is InChI=1S/C14H14BrF3O3/c1-13(2,3)21-12(19)5-4-9-6-10(15)8-11(7-9)20-14(16,17)18/h4-8H,1-3H3. The van der Waals surface area contributed by atoms with Gasteiger partial charge in [0.15, 0.2) is 0 Å². The molecule has 0 amide bonds. The smallest absolute Gasteiger partial charge is 0.457 e. The first-order valence-corrected chi connectivity index (χ1v) is 6.71. The van der Waals surface area contributed by atoms with Gasteiger partial charge in [0.25, 0.3) is 0 Å². The van der Waals surface area contributed by atoms with Crippen LogP contribution in [0, 0.1) is 0 Å². The first-order valence-electron chi connectivity index (χ1n) is 5.92. The second kappa shape index (κ2) is 6.51. The number of esters is 1.